The van der Waals surface area contributed by atoms with Crippen molar-refractivity contribution in [2.24, 2.45) is 0 Å². The van der Waals surface area contributed by atoms with Crippen LogP contribution in [0.4, 0.5) is 10.5 Å². The Morgan fingerprint density at radius 3 is 2.62 bits per heavy atom. The van der Waals surface area contributed by atoms with Gasteiger partial charge >= 0.3 is 6.03 Å². The molecular formula is C26H30ClN3O2. The van der Waals surface area contributed by atoms with E-state index in [9.17, 15) is 4.79 Å². The van der Waals surface area contributed by atoms with Crippen molar-refractivity contribution >= 4 is 23.3 Å². The second kappa shape index (κ2) is 10.6. The van der Waals surface area contributed by atoms with Crippen LogP contribution in [0.1, 0.15) is 43.4 Å². The monoisotopic (exact) mass is 451 g/mol. The highest BCUT2D eigenvalue weighted by molar-refractivity contribution is 6.30. The number of ether oxygens (including phenoxy) is 1. The Labute approximate surface area is 194 Å². The molecule has 0 saturated heterocycles. The van der Waals surface area contributed by atoms with Gasteiger partial charge in [-0.1, -0.05) is 43.0 Å². The molecule has 5 nitrogen and oxygen atoms in total. The zero-order valence-corrected chi connectivity index (χ0v) is 19.2. The molecule has 1 aliphatic rings. The Morgan fingerprint density at radius 2 is 1.88 bits per heavy atom. The summed E-state index contributed by atoms with van der Waals surface area (Å²) in [4.78, 5) is 15.3. The van der Waals surface area contributed by atoms with Gasteiger partial charge in [-0.25, -0.2) is 4.79 Å². The molecule has 1 aromatic heterocycles. The number of benzene rings is 2. The minimum atomic E-state index is -0.0617. The molecule has 0 unspecified atom stereocenters. The van der Waals surface area contributed by atoms with Gasteiger partial charge in [0.15, 0.2) is 0 Å². The van der Waals surface area contributed by atoms with Gasteiger partial charge in [0.25, 0.3) is 0 Å². The summed E-state index contributed by atoms with van der Waals surface area (Å²) in [5.74, 6) is 0.849. The Kier molecular flexibility index (Phi) is 7.38. The summed E-state index contributed by atoms with van der Waals surface area (Å²) in [5.41, 5.74) is 3.04. The van der Waals surface area contributed by atoms with E-state index in [1.165, 1.54) is 19.3 Å². The topological polar surface area (TPSA) is 46.5 Å². The molecule has 0 atom stereocenters. The van der Waals surface area contributed by atoms with E-state index >= 15 is 0 Å². The maximum atomic E-state index is 13.3. The molecule has 1 fully saturated rings. The van der Waals surface area contributed by atoms with Crippen LogP contribution in [0.2, 0.25) is 5.02 Å². The molecule has 2 aromatic carbocycles. The molecule has 2 amide bonds. The summed E-state index contributed by atoms with van der Waals surface area (Å²) in [7, 11) is 1.68. The van der Waals surface area contributed by atoms with E-state index in [-0.39, 0.29) is 12.1 Å². The number of nitrogens with one attached hydrogen (secondary N) is 1. The van der Waals surface area contributed by atoms with Gasteiger partial charge in [0.2, 0.25) is 0 Å². The fourth-order valence-electron chi connectivity index (χ4n) is 4.38. The standard InChI is InChI=1S/C26H30ClN3O2/c1-32-25-11-5-7-20(17-25)18-29-16-6-10-24(29)19-30(23-8-3-2-4-9-23)26(31)28-22-14-12-21(27)13-15-22/h5-7,10-17,23H,2-4,8-9,18-19H2,1H3,(H,28,31). The van der Waals surface area contributed by atoms with Crippen LogP contribution in [-0.2, 0) is 13.1 Å². The lowest BCUT2D eigenvalue weighted by molar-refractivity contribution is 0.161. The number of rotatable bonds is 7. The van der Waals surface area contributed by atoms with E-state index < -0.39 is 0 Å². The largest absolute Gasteiger partial charge is 0.497 e. The Morgan fingerprint density at radius 1 is 1.09 bits per heavy atom. The molecule has 0 bridgehead atoms. The molecule has 32 heavy (non-hydrogen) atoms. The molecule has 1 heterocycles. The van der Waals surface area contributed by atoms with Crippen molar-refractivity contribution in [2.45, 2.75) is 51.2 Å². The van der Waals surface area contributed by atoms with Gasteiger partial charge in [0.05, 0.1) is 13.7 Å². The van der Waals surface area contributed by atoms with E-state index in [2.05, 4.69) is 34.3 Å². The fraction of sp³-hybridized carbons (Fsp3) is 0.346. The zero-order chi connectivity index (χ0) is 22.3. The summed E-state index contributed by atoms with van der Waals surface area (Å²) in [6.07, 6.45) is 7.75. The summed E-state index contributed by atoms with van der Waals surface area (Å²) in [5, 5.41) is 3.72. The first-order valence-electron chi connectivity index (χ1n) is 11.2. The zero-order valence-electron chi connectivity index (χ0n) is 18.5. The van der Waals surface area contributed by atoms with Crippen LogP contribution in [0.25, 0.3) is 0 Å². The van der Waals surface area contributed by atoms with Crippen molar-refractivity contribution in [3.8, 4) is 5.75 Å². The minimum Gasteiger partial charge on any atom is -0.497 e. The van der Waals surface area contributed by atoms with Crippen LogP contribution in [0.5, 0.6) is 5.75 Å². The molecule has 0 radical (unpaired) electrons. The maximum absolute atomic E-state index is 13.3. The predicted octanol–water partition coefficient (Wildman–Crippen LogP) is 6.57. The predicted molar refractivity (Wildman–Crippen MR) is 129 cm³/mol. The third kappa shape index (κ3) is 5.65. The van der Waals surface area contributed by atoms with Gasteiger partial charge < -0.3 is 19.5 Å². The van der Waals surface area contributed by atoms with Crippen LogP contribution in [0, 0.1) is 0 Å². The summed E-state index contributed by atoms with van der Waals surface area (Å²) in [6.45, 7) is 1.30. The SMILES string of the molecule is COc1cccc(Cn2cccc2CN(C(=O)Nc2ccc(Cl)cc2)C2CCCCC2)c1. The van der Waals surface area contributed by atoms with Crippen molar-refractivity contribution in [3.05, 3.63) is 83.1 Å². The first-order chi connectivity index (χ1) is 15.6. The highest BCUT2D eigenvalue weighted by Crippen LogP contribution is 2.26. The third-order valence-corrected chi connectivity index (χ3v) is 6.37. The number of methoxy groups -OCH3 is 1. The second-order valence-electron chi connectivity index (χ2n) is 8.34. The molecule has 1 N–H and O–H groups in total. The van der Waals surface area contributed by atoms with Crippen LogP contribution < -0.4 is 10.1 Å². The average molecular weight is 452 g/mol. The third-order valence-electron chi connectivity index (χ3n) is 6.11. The van der Waals surface area contributed by atoms with Gasteiger partial charge in [0.1, 0.15) is 5.75 Å². The summed E-state index contributed by atoms with van der Waals surface area (Å²) < 4.78 is 7.57. The van der Waals surface area contributed by atoms with Crippen molar-refractivity contribution < 1.29 is 9.53 Å². The van der Waals surface area contributed by atoms with Crippen molar-refractivity contribution in [3.63, 3.8) is 0 Å². The Bertz CT molecular complexity index is 1030. The van der Waals surface area contributed by atoms with Crippen LogP contribution in [0.3, 0.4) is 0 Å². The molecular weight excluding hydrogens is 422 g/mol. The molecule has 0 aliphatic heterocycles. The highest BCUT2D eigenvalue weighted by atomic mass is 35.5. The van der Waals surface area contributed by atoms with Crippen LogP contribution in [0.15, 0.2) is 66.9 Å². The van der Waals surface area contributed by atoms with Gasteiger partial charge in [-0.15, -0.1) is 0 Å². The number of hydrogen-bond acceptors (Lipinski definition) is 2. The van der Waals surface area contributed by atoms with Crippen molar-refractivity contribution in [1.29, 1.82) is 0 Å². The maximum Gasteiger partial charge on any atom is 0.322 e. The Hall–Kier alpha value is -2.92. The lowest BCUT2D eigenvalue weighted by Crippen LogP contribution is -2.43. The molecule has 1 aliphatic carbocycles. The first-order valence-corrected chi connectivity index (χ1v) is 11.6. The van der Waals surface area contributed by atoms with Crippen LogP contribution in [-0.4, -0.2) is 28.6 Å². The lowest BCUT2D eigenvalue weighted by atomic mass is 9.94. The quantitative estimate of drug-likeness (QED) is 0.441. The number of urea groups is 1. The number of amides is 2. The fourth-order valence-corrected chi connectivity index (χ4v) is 4.50. The summed E-state index contributed by atoms with van der Waals surface area (Å²) >= 11 is 6.00. The minimum absolute atomic E-state index is 0.0617. The van der Waals surface area contributed by atoms with Crippen molar-refractivity contribution in [2.75, 3.05) is 12.4 Å². The first kappa shape index (κ1) is 22.3. The van der Waals surface area contributed by atoms with Gasteiger partial charge in [0, 0.05) is 35.2 Å². The van der Waals surface area contributed by atoms with Gasteiger partial charge in [-0.05, 0) is 66.9 Å². The molecule has 1 saturated carbocycles. The number of carbonyl (C=O) groups excluding carboxylic acids is 1. The second-order valence-corrected chi connectivity index (χ2v) is 8.77. The van der Waals surface area contributed by atoms with Gasteiger partial charge in [-0.2, -0.15) is 0 Å². The summed E-state index contributed by atoms with van der Waals surface area (Å²) in [6, 6.07) is 19.7. The Balaban J connectivity index is 1.52. The molecule has 6 heteroatoms. The van der Waals surface area contributed by atoms with E-state index in [0.717, 1.165) is 42.1 Å². The van der Waals surface area contributed by atoms with E-state index in [1.807, 2.05) is 35.2 Å². The molecule has 4 rings (SSSR count). The van der Waals surface area contributed by atoms with E-state index in [0.29, 0.717) is 11.6 Å². The normalized spacial score (nSPS) is 14.2. The number of halogens is 1. The van der Waals surface area contributed by atoms with Gasteiger partial charge in [-0.3, -0.25) is 0 Å². The molecule has 168 valence electrons. The van der Waals surface area contributed by atoms with E-state index in [4.69, 9.17) is 16.3 Å². The average Bonchev–Trinajstić information content (AvgIpc) is 3.26. The number of aromatic nitrogens is 1. The smallest absolute Gasteiger partial charge is 0.322 e. The number of carbonyl (C=O) groups is 1. The number of anilines is 1. The highest BCUT2D eigenvalue weighted by Gasteiger charge is 2.26. The van der Waals surface area contributed by atoms with E-state index in [1.54, 1.807) is 19.2 Å². The number of nitrogens with zero attached hydrogens (tertiary/aromatic N) is 2. The number of hydrogen-bond donors (Lipinski definition) is 1. The molecule has 0 spiro atoms. The van der Waals surface area contributed by atoms with Crippen molar-refractivity contribution in [1.82, 2.24) is 9.47 Å². The lowest BCUT2D eigenvalue weighted by Gasteiger charge is -2.34. The molecule has 3 aromatic rings. The van der Waals surface area contributed by atoms with Crippen LogP contribution >= 0.6 is 11.6 Å².